The van der Waals surface area contributed by atoms with Gasteiger partial charge in [-0.2, -0.15) is 0 Å². The molecule has 0 atom stereocenters. The molecule has 33 heavy (non-hydrogen) atoms. The summed E-state index contributed by atoms with van der Waals surface area (Å²) >= 11 is 1.53. The summed E-state index contributed by atoms with van der Waals surface area (Å²) in [5, 5.41) is 2.75. The van der Waals surface area contributed by atoms with E-state index in [9.17, 15) is 13.2 Å². The standard InChI is InChI=1S/C25H28N2O4S2/c1-19-7-9-21(10-8-19)27(33(29,30)24-13-11-23(32-3)12-14-24)18-25(28)26-15-16-31-22-6-4-5-20(2)17-22/h4-14,17H,15-16,18H2,1-3H3,(H,26,28). The Morgan fingerprint density at radius 2 is 1.67 bits per heavy atom. The minimum Gasteiger partial charge on any atom is -0.492 e. The van der Waals surface area contributed by atoms with E-state index in [4.69, 9.17) is 4.74 Å². The van der Waals surface area contributed by atoms with Gasteiger partial charge in [-0.25, -0.2) is 8.42 Å². The molecule has 0 aromatic heterocycles. The van der Waals surface area contributed by atoms with Crippen molar-refractivity contribution in [3.05, 3.63) is 83.9 Å². The van der Waals surface area contributed by atoms with Crippen LogP contribution in [-0.2, 0) is 14.8 Å². The molecule has 0 aliphatic carbocycles. The van der Waals surface area contributed by atoms with Gasteiger partial charge in [-0.15, -0.1) is 11.8 Å². The van der Waals surface area contributed by atoms with Gasteiger partial charge in [0.25, 0.3) is 10.0 Å². The van der Waals surface area contributed by atoms with Crippen molar-refractivity contribution in [2.45, 2.75) is 23.6 Å². The average molecular weight is 485 g/mol. The Balaban J connectivity index is 1.71. The lowest BCUT2D eigenvalue weighted by atomic mass is 10.2. The van der Waals surface area contributed by atoms with Gasteiger partial charge in [0.2, 0.25) is 5.91 Å². The summed E-state index contributed by atoms with van der Waals surface area (Å²) in [5.74, 6) is 0.314. The highest BCUT2D eigenvalue weighted by molar-refractivity contribution is 7.98. The summed E-state index contributed by atoms with van der Waals surface area (Å²) in [6.45, 7) is 4.10. The summed E-state index contributed by atoms with van der Waals surface area (Å²) < 4.78 is 33.6. The number of nitrogens with zero attached hydrogens (tertiary/aromatic N) is 1. The molecule has 6 nitrogen and oxygen atoms in total. The molecule has 1 N–H and O–H groups in total. The molecule has 1 amide bonds. The second kappa shape index (κ2) is 11.2. The highest BCUT2D eigenvalue weighted by Crippen LogP contribution is 2.25. The highest BCUT2D eigenvalue weighted by atomic mass is 32.2. The lowest BCUT2D eigenvalue weighted by Crippen LogP contribution is -2.41. The molecule has 8 heteroatoms. The van der Waals surface area contributed by atoms with Gasteiger partial charge in [0.15, 0.2) is 0 Å². The monoisotopic (exact) mass is 484 g/mol. The van der Waals surface area contributed by atoms with Crippen molar-refractivity contribution in [3.63, 3.8) is 0 Å². The number of anilines is 1. The van der Waals surface area contributed by atoms with Crippen LogP contribution in [0.4, 0.5) is 5.69 Å². The summed E-state index contributed by atoms with van der Waals surface area (Å²) in [7, 11) is -3.93. The van der Waals surface area contributed by atoms with Crippen LogP contribution in [0, 0.1) is 13.8 Å². The third kappa shape index (κ3) is 6.76. The van der Waals surface area contributed by atoms with Crippen molar-refractivity contribution < 1.29 is 17.9 Å². The van der Waals surface area contributed by atoms with Crippen molar-refractivity contribution in [1.82, 2.24) is 5.32 Å². The van der Waals surface area contributed by atoms with E-state index in [1.54, 1.807) is 36.4 Å². The average Bonchev–Trinajstić information content (AvgIpc) is 2.81. The predicted octanol–water partition coefficient (Wildman–Crippen LogP) is 4.42. The number of amides is 1. The zero-order valence-corrected chi connectivity index (χ0v) is 20.6. The quantitative estimate of drug-likeness (QED) is 0.341. The Hall–Kier alpha value is -2.97. The van der Waals surface area contributed by atoms with E-state index in [-0.39, 0.29) is 24.6 Å². The molecule has 3 rings (SSSR count). The molecule has 0 radical (unpaired) electrons. The number of nitrogens with one attached hydrogen (secondary N) is 1. The fourth-order valence-electron chi connectivity index (χ4n) is 3.15. The Labute approximate surface area is 200 Å². The van der Waals surface area contributed by atoms with Crippen LogP contribution in [0.15, 0.2) is 82.6 Å². The van der Waals surface area contributed by atoms with Gasteiger partial charge in [0, 0.05) is 4.90 Å². The molecule has 0 aliphatic rings. The SMILES string of the molecule is CSc1ccc(S(=O)(=O)N(CC(=O)NCCOc2cccc(C)c2)c2ccc(C)cc2)cc1. The molecular weight excluding hydrogens is 456 g/mol. The van der Waals surface area contributed by atoms with Gasteiger partial charge in [0.1, 0.15) is 18.9 Å². The fraction of sp³-hybridized carbons (Fsp3) is 0.240. The Bertz CT molecular complexity index is 1180. The van der Waals surface area contributed by atoms with E-state index in [0.29, 0.717) is 5.69 Å². The number of sulfonamides is 1. The molecule has 3 aromatic rings. The summed E-state index contributed by atoms with van der Waals surface area (Å²) in [4.78, 5) is 13.8. The lowest BCUT2D eigenvalue weighted by Gasteiger charge is -2.24. The first-order valence-corrected chi connectivity index (χ1v) is 13.2. The van der Waals surface area contributed by atoms with E-state index in [1.807, 2.05) is 56.5 Å². The van der Waals surface area contributed by atoms with Gasteiger partial charge < -0.3 is 10.1 Å². The first kappa shape index (κ1) is 24.7. The fourth-order valence-corrected chi connectivity index (χ4v) is 4.98. The van der Waals surface area contributed by atoms with Crippen molar-refractivity contribution in [3.8, 4) is 5.75 Å². The topological polar surface area (TPSA) is 75.7 Å². The van der Waals surface area contributed by atoms with E-state index in [2.05, 4.69) is 5.32 Å². The van der Waals surface area contributed by atoms with Crippen LogP contribution in [0.3, 0.4) is 0 Å². The van der Waals surface area contributed by atoms with Crippen LogP contribution in [0.2, 0.25) is 0 Å². The van der Waals surface area contributed by atoms with Crippen LogP contribution in [0.25, 0.3) is 0 Å². The van der Waals surface area contributed by atoms with Crippen molar-refractivity contribution in [2.75, 3.05) is 30.3 Å². The molecule has 174 valence electrons. The molecule has 3 aromatic carbocycles. The third-order valence-corrected chi connectivity index (χ3v) is 7.47. The van der Waals surface area contributed by atoms with Crippen LogP contribution in [0.5, 0.6) is 5.75 Å². The summed E-state index contributed by atoms with van der Waals surface area (Å²) in [6.07, 6.45) is 1.93. The van der Waals surface area contributed by atoms with E-state index in [1.165, 1.54) is 11.8 Å². The minimum atomic E-state index is -3.93. The number of ether oxygens (including phenoxy) is 1. The zero-order chi connectivity index (χ0) is 23.8. The van der Waals surface area contributed by atoms with E-state index in [0.717, 1.165) is 26.1 Å². The van der Waals surface area contributed by atoms with E-state index >= 15 is 0 Å². The highest BCUT2D eigenvalue weighted by Gasteiger charge is 2.27. The number of hydrogen-bond acceptors (Lipinski definition) is 5. The predicted molar refractivity (Wildman–Crippen MR) is 134 cm³/mol. The number of carbonyl (C=O) groups excluding carboxylic acids is 1. The molecule has 0 aliphatic heterocycles. The van der Waals surface area contributed by atoms with Crippen molar-refractivity contribution in [2.24, 2.45) is 0 Å². The van der Waals surface area contributed by atoms with Gasteiger partial charge in [0.05, 0.1) is 17.1 Å². The van der Waals surface area contributed by atoms with Crippen LogP contribution in [0.1, 0.15) is 11.1 Å². The van der Waals surface area contributed by atoms with Gasteiger partial charge in [-0.05, 0) is 74.2 Å². The molecule has 0 fully saturated rings. The first-order chi connectivity index (χ1) is 15.8. The second-order valence-corrected chi connectivity index (χ2v) is 10.3. The molecule has 0 heterocycles. The Kier molecular flexibility index (Phi) is 8.41. The molecule has 0 saturated heterocycles. The maximum atomic E-state index is 13.4. The smallest absolute Gasteiger partial charge is 0.264 e. The Morgan fingerprint density at radius 1 is 0.970 bits per heavy atom. The van der Waals surface area contributed by atoms with Gasteiger partial charge in [-0.1, -0.05) is 29.8 Å². The Morgan fingerprint density at radius 3 is 2.30 bits per heavy atom. The van der Waals surface area contributed by atoms with Crippen molar-refractivity contribution >= 4 is 33.4 Å². The molecular formula is C25H28N2O4S2. The first-order valence-electron chi connectivity index (χ1n) is 10.5. The maximum Gasteiger partial charge on any atom is 0.264 e. The molecule has 0 spiro atoms. The minimum absolute atomic E-state index is 0.136. The number of carbonyl (C=O) groups is 1. The van der Waals surface area contributed by atoms with Crippen molar-refractivity contribution in [1.29, 1.82) is 0 Å². The normalized spacial score (nSPS) is 11.1. The molecule has 0 bridgehead atoms. The maximum absolute atomic E-state index is 13.4. The summed E-state index contributed by atoms with van der Waals surface area (Å²) in [6, 6.07) is 21.3. The van der Waals surface area contributed by atoms with Crippen LogP contribution in [-0.4, -0.2) is 40.3 Å². The van der Waals surface area contributed by atoms with Crippen LogP contribution >= 0.6 is 11.8 Å². The zero-order valence-electron chi connectivity index (χ0n) is 18.9. The molecule has 0 saturated carbocycles. The van der Waals surface area contributed by atoms with Gasteiger partial charge in [-0.3, -0.25) is 9.10 Å². The van der Waals surface area contributed by atoms with Crippen LogP contribution < -0.4 is 14.4 Å². The third-order valence-electron chi connectivity index (χ3n) is 4.94. The summed E-state index contributed by atoms with van der Waals surface area (Å²) in [5.41, 5.74) is 2.51. The largest absolute Gasteiger partial charge is 0.492 e. The van der Waals surface area contributed by atoms with Gasteiger partial charge >= 0.3 is 0 Å². The lowest BCUT2D eigenvalue weighted by molar-refractivity contribution is -0.119. The number of hydrogen-bond donors (Lipinski definition) is 1. The number of aryl methyl sites for hydroxylation is 2. The number of thioether (sulfide) groups is 1. The second-order valence-electron chi connectivity index (χ2n) is 7.54. The van der Waals surface area contributed by atoms with E-state index < -0.39 is 15.9 Å². The number of rotatable bonds is 10. The molecule has 0 unspecified atom stereocenters. The number of benzene rings is 3.